The quantitative estimate of drug-likeness (QED) is 0.226. The number of allylic oxidation sites excluding steroid dienone is 5. The van der Waals surface area contributed by atoms with Gasteiger partial charge in [-0.1, -0.05) is 73.1 Å². The molecule has 2 aromatic heterocycles. The molecule has 0 saturated carbocycles. The Morgan fingerprint density at radius 3 is 2.20 bits per heavy atom. The van der Waals surface area contributed by atoms with Gasteiger partial charge in [0.05, 0.1) is 17.3 Å². The lowest BCUT2D eigenvalue weighted by atomic mass is 9.94. The summed E-state index contributed by atoms with van der Waals surface area (Å²) in [6.45, 7) is 23.5. The Bertz CT molecular complexity index is 1320. The van der Waals surface area contributed by atoms with E-state index in [2.05, 4.69) is 60.8 Å². The molecule has 1 saturated heterocycles. The molecule has 0 aliphatic carbocycles. The minimum Gasteiger partial charge on any atom is -0.371 e. The Kier molecular flexibility index (Phi) is 17.3. The van der Waals surface area contributed by atoms with Crippen LogP contribution in [0.5, 0.6) is 0 Å². The molecule has 1 amide bonds. The van der Waals surface area contributed by atoms with Crippen LogP contribution in [0, 0.1) is 16.7 Å². The van der Waals surface area contributed by atoms with E-state index in [0.29, 0.717) is 5.56 Å². The first-order valence-electron chi connectivity index (χ1n) is 15.9. The third-order valence-electron chi connectivity index (χ3n) is 6.97. The second-order valence-corrected chi connectivity index (χ2v) is 11.3. The molecule has 3 rings (SSSR count). The van der Waals surface area contributed by atoms with Crippen molar-refractivity contribution in [2.45, 2.75) is 88.5 Å². The number of nitriles is 1. The molecule has 44 heavy (non-hydrogen) atoms. The first kappa shape index (κ1) is 38.0. The number of carbonyl (C=O) groups excluding carboxylic acids is 1. The fraction of sp³-hybridized carbons (Fsp3) is 0.486. The van der Waals surface area contributed by atoms with E-state index in [1.807, 2.05) is 83.1 Å². The van der Waals surface area contributed by atoms with Gasteiger partial charge in [-0.3, -0.25) is 19.8 Å². The van der Waals surface area contributed by atoms with E-state index in [1.165, 1.54) is 5.70 Å². The predicted octanol–water partition coefficient (Wildman–Crippen LogP) is 8.27. The minimum atomic E-state index is -0.343. The van der Waals surface area contributed by atoms with Crippen molar-refractivity contribution in [3.63, 3.8) is 0 Å². The lowest BCUT2D eigenvalue weighted by Gasteiger charge is -2.39. The van der Waals surface area contributed by atoms with E-state index < -0.39 is 0 Å². The molecule has 0 N–H and O–H groups in total. The lowest BCUT2D eigenvalue weighted by Crippen LogP contribution is -2.51. The molecule has 0 atom stereocenters. The Balaban J connectivity index is 0.000000620. The summed E-state index contributed by atoms with van der Waals surface area (Å²) in [4.78, 5) is 30.5. The molecule has 0 unspecified atom stereocenters. The maximum absolute atomic E-state index is 12.7. The number of aromatic nitrogens is 2. The number of rotatable bonds is 8. The van der Waals surface area contributed by atoms with Gasteiger partial charge in [0.1, 0.15) is 0 Å². The molecule has 1 aliphatic heterocycles. The number of carbonyl (C=O) groups is 1. The number of nitrogens with zero attached hydrogens (tertiary/aromatic N) is 6. The summed E-state index contributed by atoms with van der Waals surface area (Å²) in [6.07, 6.45) is 12.5. The molecule has 238 valence electrons. The summed E-state index contributed by atoms with van der Waals surface area (Å²) in [5, 5.41) is 8.55. The van der Waals surface area contributed by atoms with Crippen LogP contribution in [0.2, 0.25) is 0 Å². The molecule has 0 aromatic carbocycles. The second-order valence-electron chi connectivity index (χ2n) is 11.3. The fourth-order valence-corrected chi connectivity index (χ4v) is 4.75. The monoisotopic (exact) mass is 598 g/mol. The smallest absolute Gasteiger partial charge is 0.228 e. The topological polar surface area (TPSA) is 85.5 Å². The number of aliphatic imine (C=N–C) groups is 1. The third-order valence-corrected chi connectivity index (χ3v) is 6.97. The van der Waals surface area contributed by atoms with Crippen LogP contribution in [0.1, 0.15) is 99.0 Å². The molecule has 7 heteroatoms. The first-order chi connectivity index (χ1) is 21.1. The maximum atomic E-state index is 12.7. The number of amides is 1. The predicted molar refractivity (Wildman–Crippen MR) is 185 cm³/mol. The van der Waals surface area contributed by atoms with E-state index in [9.17, 15) is 4.79 Å². The van der Waals surface area contributed by atoms with Gasteiger partial charge in [-0.2, -0.15) is 5.26 Å². The Morgan fingerprint density at radius 2 is 1.68 bits per heavy atom. The summed E-state index contributed by atoms with van der Waals surface area (Å²) in [6, 6.07) is 11.6. The van der Waals surface area contributed by atoms with Crippen LogP contribution in [0.15, 0.2) is 77.3 Å². The summed E-state index contributed by atoms with van der Waals surface area (Å²) in [5.74, 6) is 0.221. The second kappa shape index (κ2) is 20.0. The number of piperazine rings is 1. The average molecular weight is 599 g/mol. The highest BCUT2D eigenvalue weighted by Crippen LogP contribution is 2.28. The van der Waals surface area contributed by atoms with E-state index in [-0.39, 0.29) is 11.3 Å². The van der Waals surface area contributed by atoms with Gasteiger partial charge in [0, 0.05) is 78.4 Å². The highest BCUT2D eigenvalue weighted by Gasteiger charge is 2.30. The van der Waals surface area contributed by atoms with Crippen LogP contribution in [0.25, 0.3) is 5.57 Å². The zero-order valence-corrected chi connectivity index (χ0v) is 28.8. The van der Waals surface area contributed by atoms with Crippen molar-refractivity contribution < 1.29 is 4.79 Å². The molecule has 2 aromatic rings. The van der Waals surface area contributed by atoms with Crippen molar-refractivity contribution >= 4 is 17.2 Å². The normalized spacial score (nSPS) is 14.6. The average Bonchev–Trinajstić information content (AvgIpc) is 3.04. The summed E-state index contributed by atoms with van der Waals surface area (Å²) >= 11 is 0. The zero-order chi connectivity index (χ0) is 33.1. The zero-order valence-electron chi connectivity index (χ0n) is 28.8. The Labute approximate surface area is 267 Å². The van der Waals surface area contributed by atoms with Crippen molar-refractivity contribution in [2.75, 3.05) is 26.2 Å². The Morgan fingerprint density at radius 1 is 1.02 bits per heavy atom. The van der Waals surface area contributed by atoms with E-state index in [1.54, 1.807) is 12.3 Å². The highest BCUT2D eigenvalue weighted by atomic mass is 16.2. The standard InChI is InChI=1S/C26H38N4O.C9H10N2.C2H6/c1-8-10-14-27-20(3)24(22(9-2)23-13-11-12-15-28-23)21(4)29-16-18-30(19-17-29)25(31)26(5,6)7;1-2-3-9-6-8(7-10)4-5-11-9;1-2/h9-15H,8,16-19H2,1-7H3;4-6H,2-3H2,1H3;1-2H3/b14-10+,22-9-,24-21-,27-20+;;. The van der Waals surface area contributed by atoms with Gasteiger partial charge < -0.3 is 9.80 Å². The van der Waals surface area contributed by atoms with Gasteiger partial charge in [0.25, 0.3) is 0 Å². The number of pyridine rings is 2. The molecule has 3 heterocycles. The number of aryl methyl sites for hydroxylation is 1. The number of hydrogen-bond acceptors (Lipinski definition) is 6. The van der Waals surface area contributed by atoms with Gasteiger partial charge in [0.15, 0.2) is 0 Å². The van der Waals surface area contributed by atoms with Gasteiger partial charge in [0.2, 0.25) is 5.91 Å². The van der Waals surface area contributed by atoms with E-state index >= 15 is 0 Å². The SMILES string of the molecule is CC.CCCc1cc(C#N)ccn1.C\C=C(C(/C(C)=N/C=C/CC)=C(/C)N1CCN(C(=O)C(C)(C)C)CC1)\c1ccccn1. The van der Waals surface area contributed by atoms with Gasteiger partial charge in [-0.15, -0.1) is 0 Å². The molecule has 1 fully saturated rings. The van der Waals surface area contributed by atoms with Crippen molar-refractivity contribution in [1.82, 2.24) is 19.8 Å². The highest BCUT2D eigenvalue weighted by molar-refractivity contribution is 6.12. The van der Waals surface area contributed by atoms with Crippen LogP contribution >= 0.6 is 0 Å². The van der Waals surface area contributed by atoms with E-state index in [0.717, 1.165) is 73.7 Å². The molecular formula is C37H54N6O. The molecular weight excluding hydrogens is 544 g/mol. The summed E-state index contributed by atoms with van der Waals surface area (Å²) in [7, 11) is 0. The first-order valence-corrected chi connectivity index (χ1v) is 15.9. The van der Waals surface area contributed by atoms with Crippen molar-refractivity contribution in [3.8, 4) is 6.07 Å². The maximum Gasteiger partial charge on any atom is 0.228 e. The minimum absolute atomic E-state index is 0.221. The molecule has 0 bridgehead atoms. The van der Waals surface area contributed by atoms with Crippen LogP contribution in [-0.4, -0.2) is 57.6 Å². The molecule has 1 aliphatic rings. The summed E-state index contributed by atoms with van der Waals surface area (Å²) in [5.41, 5.74) is 6.63. The lowest BCUT2D eigenvalue weighted by molar-refractivity contribution is -0.141. The van der Waals surface area contributed by atoms with Crippen molar-refractivity contribution in [2.24, 2.45) is 10.4 Å². The van der Waals surface area contributed by atoms with Crippen LogP contribution in [0.4, 0.5) is 0 Å². The van der Waals surface area contributed by atoms with E-state index in [4.69, 9.17) is 10.3 Å². The van der Waals surface area contributed by atoms with Crippen molar-refractivity contribution in [3.05, 3.63) is 89.3 Å². The fourth-order valence-electron chi connectivity index (χ4n) is 4.75. The molecule has 7 nitrogen and oxygen atoms in total. The molecule has 0 radical (unpaired) electrons. The molecule has 0 spiro atoms. The largest absolute Gasteiger partial charge is 0.371 e. The summed E-state index contributed by atoms with van der Waals surface area (Å²) < 4.78 is 0. The van der Waals surface area contributed by atoms with Gasteiger partial charge >= 0.3 is 0 Å². The van der Waals surface area contributed by atoms with Crippen molar-refractivity contribution in [1.29, 1.82) is 5.26 Å². The Hall–Kier alpha value is -4.05. The van der Waals surface area contributed by atoms with Crippen LogP contribution < -0.4 is 0 Å². The van der Waals surface area contributed by atoms with Crippen LogP contribution in [-0.2, 0) is 11.2 Å². The number of hydrogen-bond donors (Lipinski definition) is 0. The van der Waals surface area contributed by atoms with Crippen LogP contribution in [0.3, 0.4) is 0 Å². The third kappa shape index (κ3) is 11.9. The van der Waals surface area contributed by atoms with Gasteiger partial charge in [-0.05, 0) is 57.9 Å². The van der Waals surface area contributed by atoms with Gasteiger partial charge in [-0.25, -0.2) is 0 Å².